The third-order valence-electron chi connectivity index (χ3n) is 9.09. The summed E-state index contributed by atoms with van der Waals surface area (Å²) in [6.07, 6.45) is 5.88. The van der Waals surface area contributed by atoms with Gasteiger partial charge >= 0.3 is 11.9 Å². The summed E-state index contributed by atoms with van der Waals surface area (Å²) >= 11 is 0. The number of hydrogen-bond acceptors (Lipinski definition) is 11. The summed E-state index contributed by atoms with van der Waals surface area (Å²) in [5, 5.41) is 42.3. The molecule has 0 fully saturated rings. The molecule has 4 aromatic rings. The largest absolute Gasteiger partial charge is 0.481 e. The van der Waals surface area contributed by atoms with Crippen molar-refractivity contribution in [3.8, 4) is 0 Å². The number of carbonyl (C=O) groups is 7. The lowest BCUT2D eigenvalue weighted by molar-refractivity contribution is -0.142. The summed E-state index contributed by atoms with van der Waals surface area (Å²) in [6, 6.07) is -1.14. The van der Waals surface area contributed by atoms with Gasteiger partial charge in [-0.15, -0.1) is 0 Å². The molecule has 312 valence electrons. The highest BCUT2D eigenvalue weighted by atomic mass is 16.4. The molecule has 13 N–H and O–H groups in total. The summed E-state index contributed by atoms with van der Waals surface area (Å²) in [5.74, 6) is -7.10. The number of rotatable bonds is 23. The molecule has 58 heavy (non-hydrogen) atoms. The number of imidazole rings is 2. The molecular weight excluding hydrogens is 758 g/mol. The van der Waals surface area contributed by atoms with Gasteiger partial charge in [-0.25, -0.2) is 14.8 Å². The highest BCUT2D eigenvalue weighted by molar-refractivity contribution is 5.97. The Labute approximate surface area is 331 Å². The molecule has 0 aliphatic rings. The summed E-state index contributed by atoms with van der Waals surface area (Å²) < 4.78 is 0. The third kappa shape index (κ3) is 13.0. The zero-order chi connectivity index (χ0) is 42.4. The van der Waals surface area contributed by atoms with Gasteiger partial charge in [0.25, 0.3) is 0 Å². The molecule has 0 aliphatic carbocycles. The average molecular weight is 808 g/mol. The van der Waals surface area contributed by atoms with E-state index in [1.807, 2.05) is 32.0 Å². The molecule has 0 saturated heterocycles. The van der Waals surface area contributed by atoms with Crippen LogP contribution in [0.2, 0.25) is 0 Å². The van der Waals surface area contributed by atoms with Crippen molar-refractivity contribution in [2.75, 3.05) is 6.61 Å². The average Bonchev–Trinajstić information content (AvgIpc) is 3.97. The highest BCUT2D eigenvalue weighted by Crippen LogP contribution is 2.20. The number of nitrogens with two attached hydrogens (primary N) is 1. The number of aliphatic hydroxyl groups excluding tert-OH is 1. The number of hydrogen-bond donors (Lipinski definition) is 12. The number of H-pyrrole nitrogens is 3. The maximum atomic E-state index is 14.0. The van der Waals surface area contributed by atoms with Crippen molar-refractivity contribution in [2.24, 2.45) is 11.7 Å². The van der Waals surface area contributed by atoms with Crippen molar-refractivity contribution in [3.05, 3.63) is 72.5 Å². The molecule has 1 aromatic carbocycles. The van der Waals surface area contributed by atoms with Gasteiger partial charge in [0.05, 0.1) is 25.3 Å². The number of para-hydroxylation sites is 1. The van der Waals surface area contributed by atoms with Gasteiger partial charge in [0, 0.05) is 66.6 Å². The molecule has 0 aliphatic heterocycles. The summed E-state index contributed by atoms with van der Waals surface area (Å²) in [4.78, 5) is 108. The first kappa shape index (κ1) is 44.1. The molecule has 0 bridgehead atoms. The lowest BCUT2D eigenvalue weighted by Gasteiger charge is -2.27. The van der Waals surface area contributed by atoms with E-state index in [-0.39, 0.29) is 25.2 Å². The van der Waals surface area contributed by atoms with E-state index < -0.39 is 97.2 Å². The summed E-state index contributed by atoms with van der Waals surface area (Å²) in [7, 11) is 0. The molecule has 3 heterocycles. The number of benzene rings is 1. The predicted octanol–water partition coefficient (Wildman–Crippen LogP) is -1.62. The molecule has 4 rings (SSSR count). The number of carboxylic acid groups (broad SMARTS) is 2. The minimum absolute atomic E-state index is 0.0383. The van der Waals surface area contributed by atoms with E-state index in [2.05, 4.69) is 51.5 Å². The third-order valence-corrected chi connectivity index (χ3v) is 9.09. The fraction of sp³-hybridized carbons (Fsp3) is 0.432. The van der Waals surface area contributed by atoms with Crippen molar-refractivity contribution in [2.45, 2.75) is 88.6 Å². The van der Waals surface area contributed by atoms with Gasteiger partial charge < -0.3 is 62.6 Å². The molecule has 6 atom stereocenters. The van der Waals surface area contributed by atoms with Gasteiger partial charge in [-0.3, -0.25) is 28.8 Å². The number of aromatic amines is 3. The zero-order valence-electron chi connectivity index (χ0n) is 31.9. The van der Waals surface area contributed by atoms with Crippen LogP contribution in [0, 0.1) is 5.92 Å². The van der Waals surface area contributed by atoms with Crippen LogP contribution in [0.5, 0.6) is 0 Å². The second-order valence-corrected chi connectivity index (χ2v) is 14.1. The Morgan fingerprint density at radius 3 is 1.78 bits per heavy atom. The van der Waals surface area contributed by atoms with Crippen LogP contribution in [-0.4, -0.2) is 125 Å². The van der Waals surface area contributed by atoms with Crippen LogP contribution in [0.4, 0.5) is 0 Å². The number of amides is 5. The Kier molecular flexibility index (Phi) is 16.0. The second kappa shape index (κ2) is 21.1. The van der Waals surface area contributed by atoms with Gasteiger partial charge in [-0.2, -0.15) is 0 Å². The van der Waals surface area contributed by atoms with Gasteiger partial charge in [0.2, 0.25) is 29.5 Å². The van der Waals surface area contributed by atoms with Crippen LogP contribution in [0.15, 0.2) is 55.5 Å². The van der Waals surface area contributed by atoms with E-state index in [4.69, 9.17) is 5.73 Å². The van der Waals surface area contributed by atoms with E-state index in [1.165, 1.54) is 25.0 Å². The standard InChI is InChI=1S/C37H49N11O10/c1-19(2)9-24(38)32(52)45-27(10-20-13-41-25-6-4-3-5-23(20)25)34(54)44-26(7-8-31(50)51)33(53)46-28(11-21-14-39-17-42-21)35(55)48-30(16-49)36(56)47-29(37(57)58)12-22-15-40-18-43-22/h3-6,13-15,17-19,24,26-30,41,49H,7-12,16,38H2,1-2H3,(H,39,42)(H,40,43)(H,44,54)(H,45,52)(H,46,53)(H,47,56)(H,48,55)(H,50,51)(H,57,58)/t24-,26-,27-,28-,29-,30-/m0/s1. The number of carboxylic acids is 2. The molecular formula is C37H49N11O10. The maximum Gasteiger partial charge on any atom is 0.326 e. The van der Waals surface area contributed by atoms with Crippen LogP contribution in [0.25, 0.3) is 10.9 Å². The molecule has 0 radical (unpaired) electrons. The minimum Gasteiger partial charge on any atom is -0.481 e. The van der Waals surface area contributed by atoms with E-state index in [0.717, 1.165) is 10.9 Å². The van der Waals surface area contributed by atoms with Crippen molar-refractivity contribution in [1.82, 2.24) is 51.5 Å². The van der Waals surface area contributed by atoms with Gasteiger partial charge in [0.1, 0.15) is 30.2 Å². The van der Waals surface area contributed by atoms with Gasteiger partial charge in [-0.1, -0.05) is 32.0 Å². The van der Waals surface area contributed by atoms with Crippen LogP contribution >= 0.6 is 0 Å². The van der Waals surface area contributed by atoms with Crippen molar-refractivity contribution < 1.29 is 48.9 Å². The first-order valence-corrected chi connectivity index (χ1v) is 18.5. The van der Waals surface area contributed by atoms with E-state index >= 15 is 0 Å². The number of aliphatic hydroxyl groups is 1. The number of aliphatic carboxylic acids is 2. The topological polar surface area (TPSA) is 339 Å². The first-order valence-electron chi connectivity index (χ1n) is 18.5. The first-order chi connectivity index (χ1) is 27.6. The molecule has 5 amide bonds. The molecule has 0 unspecified atom stereocenters. The van der Waals surface area contributed by atoms with Gasteiger partial charge in [-0.05, 0) is 30.4 Å². The fourth-order valence-corrected chi connectivity index (χ4v) is 6.09. The Morgan fingerprint density at radius 1 is 0.690 bits per heavy atom. The number of fused-ring (bicyclic) bond motifs is 1. The van der Waals surface area contributed by atoms with Crippen LogP contribution in [-0.2, 0) is 52.8 Å². The van der Waals surface area contributed by atoms with E-state index in [9.17, 15) is 48.9 Å². The van der Waals surface area contributed by atoms with Gasteiger partial charge in [0.15, 0.2) is 0 Å². The van der Waals surface area contributed by atoms with Crippen LogP contribution in [0.1, 0.15) is 50.1 Å². The molecule has 3 aromatic heterocycles. The lowest BCUT2D eigenvalue weighted by Crippen LogP contribution is -2.60. The number of nitrogens with zero attached hydrogens (tertiary/aromatic N) is 2. The van der Waals surface area contributed by atoms with Crippen molar-refractivity contribution >= 4 is 52.4 Å². The quantitative estimate of drug-likeness (QED) is 0.0402. The second-order valence-electron chi connectivity index (χ2n) is 14.1. The molecule has 0 spiro atoms. The molecule has 0 saturated carbocycles. The maximum absolute atomic E-state index is 14.0. The van der Waals surface area contributed by atoms with E-state index in [1.54, 1.807) is 12.3 Å². The Balaban J connectivity index is 1.55. The fourth-order valence-electron chi connectivity index (χ4n) is 6.09. The smallest absolute Gasteiger partial charge is 0.326 e. The Morgan fingerprint density at radius 2 is 1.21 bits per heavy atom. The Hall–Kier alpha value is -6.61. The minimum atomic E-state index is -1.67. The molecule has 21 nitrogen and oxygen atoms in total. The predicted molar refractivity (Wildman–Crippen MR) is 205 cm³/mol. The normalized spacial score (nSPS) is 14.4. The summed E-state index contributed by atoms with van der Waals surface area (Å²) in [5.41, 5.74) is 8.31. The van der Waals surface area contributed by atoms with Crippen molar-refractivity contribution in [3.63, 3.8) is 0 Å². The number of nitrogens with one attached hydrogen (secondary N) is 8. The summed E-state index contributed by atoms with van der Waals surface area (Å²) in [6.45, 7) is 2.80. The van der Waals surface area contributed by atoms with Crippen LogP contribution < -0.4 is 32.3 Å². The van der Waals surface area contributed by atoms with E-state index in [0.29, 0.717) is 23.4 Å². The molecule has 21 heteroatoms. The van der Waals surface area contributed by atoms with Crippen molar-refractivity contribution in [1.29, 1.82) is 0 Å². The lowest BCUT2D eigenvalue weighted by atomic mass is 10.0. The monoisotopic (exact) mass is 807 g/mol. The number of carbonyl (C=O) groups excluding carboxylic acids is 5. The number of aromatic nitrogens is 5. The zero-order valence-corrected chi connectivity index (χ0v) is 31.9. The Bertz CT molecular complexity index is 2020. The van der Waals surface area contributed by atoms with Crippen LogP contribution in [0.3, 0.4) is 0 Å². The highest BCUT2D eigenvalue weighted by Gasteiger charge is 2.34. The SMILES string of the molecule is CC(C)C[C@H](N)C(=O)N[C@@H](Cc1c[nH]c2ccccc12)C(=O)N[C@@H](CCC(=O)O)C(=O)N[C@@H](Cc1cnc[nH]1)C(=O)N[C@@H](CO)C(=O)N[C@@H](Cc1cnc[nH]1)C(=O)O.